The first-order chi connectivity index (χ1) is 14.0. The van der Waals surface area contributed by atoms with Crippen LogP contribution in [-0.2, 0) is 20.9 Å². The van der Waals surface area contributed by atoms with Crippen LogP contribution in [0.3, 0.4) is 0 Å². The normalized spacial score (nSPS) is 18.0. The number of hydrogen-bond donors (Lipinski definition) is 0. The third kappa shape index (κ3) is 5.68. The van der Waals surface area contributed by atoms with Crippen LogP contribution in [0.4, 0.5) is 13.2 Å². The van der Waals surface area contributed by atoms with Crippen LogP contribution in [0.2, 0.25) is 0 Å². The van der Waals surface area contributed by atoms with E-state index in [1.54, 1.807) is 0 Å². The lowest BCUT2D eigenvalue weighted by Crippen LogP contribution is -2.24. The fourth-order valence-corrected chi connectivity index (χ4v) is 3.30. The van der Waals surface area contributed by atoms with Crippen molar-refractivity contribution in [1.29, 1.82) is 0 Å². The molecule has 1 aliphatic heterocycles. The molecule has 1 fully saturated rings. The second-order valence-corrected chi connectivity index (χ2v) is 7.10. The zero-order chi connectivity index (χ0) is 20.8. The van der Waals surface area contributed by atoms with Crippen LogP contribution in [0, 0.1) is 17.5 Å². The number of benzene rings is 1. The quantitative estimate of drug-likeness (QED) is 0.504. The Morgan fingerprint density at radius 1 is 1.28 bits per heavy atom. The van der Waals surface area contributed by atoms with Crippen molar-refractivity contribution in [3.05, 3.63) is 40.1 Å². The summed E-state index contributed by atoms with van der Waals surface area (Å²) in [6.07, 6.45) is 1.87. The summed E-state index contributed by atoms with van der Waals surface area (Å²) < 4.78 is 64.7. The van der Waals surface area contributed by atoms with Crippen molar-refractivity contribution in [3.8, 4) is 5.75 Å². The van der Waals surface area contributed by atoms with E-state index in [4.69, 9.17) is 18.9 Å². The van der Waals surface area contributed by atoms with Crippen LogP contribution in [0.15, 0.2) is 16.9 Å². The van der Waals surface area contributed by atoms with Crippen LogP contribution in [0.1, 0.15) is 37.6 Å². The molecule has 1 aliphatic rings. The number of nitrogens with zero attached hydrogens (tertiary/aromatic N) is 3. The largest absolute Gasteiger partial charge is 0.479 e. The Morgan fingerprint density at radius 2 is 2.10 bits per heavy atom. The first kappa shape index (κ1) is 22.0. The molecule has 0 radical (unpaired) electrons. The second kappa shape index (κ2) is 10.4. The van der Waals surface area contributed by atoms with Gasteiger partial charge in [-0.25, -0.2) is 18.4 Å². The molecule has 2 heterocycles. The summed E-state index contributed by atoms with van der Waals surface area (Å²) in [6.45, 7) is 0.929. The second-order valence-electron chi connectivity index (χ2n) is 6.39. The molecular formula is C18H21BrF3N3O4. The average Bonchev–Trinajstić information content (AvgIpc) is 3.08. The number of aromatic nitrogens is 3. The molecular weight excluding hydrogens is 459 g/mol. The lowest BCUT2D eigenvalue weighted by atomic mass is 10.2. The van der Waals surface area contributed by atoms with Gasteiger partial charge >= 0.3 is 0 Å². The van der Waals surface area contributed by atoms with E-state index in [2.05, 4.69) is 26.0 Å². The zero-order valence-electron chi connectivity index (χ0n) is 15.7. The molecule has 29 heavy (non-hydrogen) atoms. The molecule has 7 nitrogen and oxygen atoms in total. The van der Waals surface area contributed by atoms with Gasteiger partial charge in [-0.1, -0.05) is 0 Å². The SMILES string of the molecule is COCn1nc(Br)nc1C(CCOC1CCCCO1)Oc1ccc(F)c(F)c1F. The molecule has 2 aromatic rings. The van der Waals surface area contributed by atoms with E-state index in [9.17, 15) is 13.2 Å². The molecule has 0 bridgehead atoms. The van der Waals surface area contributed by atoms with Crippen molar-refractivity contribution in [3.63, 3.8) is 0 Å². The highest BCUT2D eigenvalue weighted by molar-refractivity contribution is 9.10. The Kier molecular flexibility index (Phi) is 7.87. The summed E-state index contributed by atoms with van der Waals surface area (Å²) in [5.74, 6) is -4.44. The first-order valence-electron chi connectivity index (χ1n) is 9.12. The lowest BCUT2D eigenvalue weighted by Gasteiger charge is -2.24. The minimum absolute atomic E-state index is 0.0701. The topological polar surface area (TPSA) is 67.6 Å². The Labute approximate surface area is 174 Å². The fraction of sp³-hybridized carbons (Fsp3) is 0.556. The van der Waals surface area contributed by atoms with Crippen molar-refractivity contribution in [2.24, 2.45) is 0 Å². The van der Waals surface area contributed by atoms with Crippen molar-refractivity contribution in [1.82, 2.24) is 14.8 Å². The minimum atomic E-state index is -1.60. The molecule has 2 unspecified atom stereocenters. The van der Waals surface area contributed by atoms with Crippen LogP contribution in [-0.4, -0.2) is 41.4 Å². The van der Waals surface area contributed by atoms with E-state index < -0.39 is 29.3 Å². The van der Waals surface area contributed by atoms with Crippen molar-refractivity contribution >= 4 is 15.9 Å². The third-order valence-electron chi connectivity index (χ3n) is 4.30. The van der Waals surface area contributed by atoms with E-state index in [-0.39, 0.29) is 30.8 Å². The highest BCUT2D eigenvalue weighted by atomic mass is 79.9. The van der Waals surface area contributed by atoms with E-state index in [0.29, 0.717) is 12.4 Å². The highest BCUT2D eigenvalue weighted by Gasteiger charge is 2.25. The third-order valence-corrected chi connectivity index (χ3v) is 4.64. The summed E-state index contributed by atoms with van der Waals surface area (Å²) in [4.78, 5) is 4.25. The van der Waals surface area contributed by atoms with Crippen molar-refractivity contribution in [2.75, 3.05) is 20.3 Å². The molecule has 0 spiro atoms. The van der Waals surface area contributed by atoms with E-state index in [1.165, 1.54) is 11.8 Å². The van der Waals surface area contributed by atoms with Crippen molar-refractivity contribution in [2.45, 2.75) is 44.8 Å². The van der Waals surface area contributed by atoms with Crippen molar-refractivity contribution < 1.29 is 32.1 Å². The zero-order valence-corrected chi connectivity index (χ0v) is 17.3. The minimum Gasteiger partial charge on any atom is -0.479 e. The standard InChI is InChI=1S/C18H21BrF3N3O4/c1-26-10-25-17(23-18(19)24-25)13(7-9-28-14-4-2-3-8-27-14)29-12-6-5-11(20)15(21)16(12)22/h5-6,13-14H,2-4,7-10H2,1H3. The molecule has 2 atom stereocenters. The van der Waals surface area contributed by atoms with E-state index in [1.807, 2.05) is 0 Å². The average molecular weight is 480 g/mol. The Morgan fingerprint density at radius 3 is 2.83 bits per heavy atom. The van der Waals surface area contributed by atoms with Gasteiger partial charge in [0.05, 0.1) is 6.61 Å². The van der Waals surface area contributed by atoms with E-state index >= 15 is 0 Å². The fourth-order valence-electron chi connectivity index (χ4n) is 2.92. The Bertz CT molecular complexity index is 818. The lowest BCUT2D eigenvalue weighted by molar-refractivity contribution is -0.165. The molecule has 1 saturated heterocycles. The summed E-state index contributed by atoms with van der Waals surface area (Å²) >= 11 is 3.18. The molecule has 0 saturated carbocycles. The van der Waals surface area contributed by atoms with Gasteiger partial charge in [0.2, 0.25) is 10.6 Å². The molecule has 160 valence electrons. The van der Waals surface area contributed by atoms with Gasteiger partial charge in [-0.05, 0) is 47.3 Å². The van der Waals surface area contributed by atoms with Gasteiger partial charge in [0.15, 0.2) is 35.6 Å². The predicted octanol–water partition coefficient (Wildman–Crippen LogP) is 4.12. The number of halogens is 4. The maximum absolute atomic E-state index is 14.1. The number of ether oxygens (including phenoxy) is 4. The Hall–Kier alpha value is -1.69. The van der Waals surface area contributed by atoms with Gasteiger partial charge < -0.3 is 18.9 Å². The summed E-state index contributed by atoms with van der Waals surface area (Å²) in [5, 5.41) is 4.14. The molecule has 3 rings (SSSR count). The maximum Gasteiger partial charge on any atom is 0.217 e. The van der Waals surface area contributed by atoms with Gasteiger partial charge in [0.1, 0.15) is 6.73 Å². The highest BCUT2D eigenvalue weighted by Crippen LogP contribution is 2.29. The molecule has 0 N–H and O–H groups in total. The summed E-state index contributed by atoms with van der Waals surface area (Å²) in [6, 6.07) is 1.82. The molecule has 0 amide bonds. The molecule has 1 aromatic carbocycles. The number of methoxy groups -OCH3 is 1. The van der Waals surface area contributed by atoms with Crippen LogP contribution >= 0.6 is 15.9 Å². The Balaban J connectivity index is 1.78. The predicted molar refractivity (Wildman–Crippen MR) is 98.6 cm³/mol. The maximum atomic E-state index is 14.1. The first-order valence-corrected chi connectivity index (χ1v) is 9.91. The summed E-state index contributed by atoms with van der Waals surface area (Å²) in [7, 11) is 1.48. The van der Waals surface area contributed by atoms with Gasteiger partial charge in [-0.2, -0.15) is 4.39 Å². The van der Waals surface area contributed by atoms with Crippen LogP contribution in [0.25, 0.3) is 0 Å². The smallest absolute Gasteiger partial charge is 0.217 e. The van der Waals surface area contributed by atoms with Crippen LogP contribution in [0.5, 0.6) is 5.75 Å². The summed E-state index contributed by atoms with van der Waals surface area (Å²) in [5.41, 5.74) is 0. The molecule has 1 aromatic heterocycles. The van der Waals surface area contributed by atoms with Crippen LogP contribution < -0.4 is 4.74 Å². The monoisotopic (exact) mass is 479 g/mol. The van der Waals surface area contributed by atoms with Gasteiger partial charge in [-0.15, -0.1) is 5.10 Å². The molecule has 11 heteroatoms. The number of rotatable bonds is 9. The van der Waals surface area contributed by atoms with E-state index in [0.717, 1.165) is 31.4 Å². The molecule has 0 aliphatic carbocycles. The van der Waals surface area contributed by atoms with Gasteiger partial charge in [0.25, 0.3) is 0 Å². The van der Waals surface area contributed by atoms with Gasteiger partial charge in [-0.3, -0.25) is 0 Å². The number of hydrogen-bond acceptors (Lipinski definition) is 6. The van der Waals surface area contributed by atoms with Gasteiger partial charge in [0, 0.05) is 20.1 Å².